The van der Waals surface area contributed by atoms with E-state index in [2.05, 4.69) is 47.8 Å². The largest absolute Gasteiger partial charge is 0.289 e. The molecule has 0 fully saturated rings. The fourth-order valence-corrected chi connectivity index (χ4v) is 3.96. The van der Waals surface area contributed by atoms with Crippen molar-refractivity contribution in [3.05, 3.63) is 53.0 Å². The number of rotatable bonds is 2. The van der Waals surface area contributed by atoms with Crippen molar-refractivity contribution in [1.82, 2.24) is 0 Å². The molecule has 0 N–H and O–H groups in total. The van der Waals surface area contributed by atoms with Crippen LogP contribution in [0.2, 0.25) is 0 Å². The van der Waals surface area contributed by atoms with Gasteiger partial charge in [0.1, 0.15) is 0 Å². The molecule has 1 heterocycles. The van der Waals surface area contributed by atoms with Crippen LogP contribution < -0.4 is 0 Å². The molecular weight excluding hydrogens is 432 g/mol. The van der Waals surface area contributed by atoms with Crippen LogP contribution in [-0.4, -0.2) is 5.78 Å². The Hall–Kier alpha value is 0.0300. The molecule has 0 radical (unpaired) electrons. The number of carbonyl (C=O) groups is 1. The zero-order valence-corrected chi connectivity index (χ0v) is 14.3. The molecule has 88 valence electrons. The van der Waals surface area contributed by atoms with Crippen molar-refractivity contribution in [3.63, 3.8) is 0 Å². The number of ketones is 1. The van der Waals surface area contributed by atoms with Gasteiger partial charge in [-0.3, -0.25) is 4.79 Å². The van der Waals surface area contributed by atoms with Crippen LogP contribution in [0.5, 0.6) is 0 Å². The summed E-state index contributed by atoms with van der Waals surface area (Å²) < 4.78 is 2.69. The second-order valence-electron chi connectivity index (χ2n) is 3.47. The van der Waals surface area contributed by atoms with Gasteiger partial charge in [0.2, 0.25) is 0 Å². The van der Waals surface area contributed by atoms with Crippen LogP contribution in [0.4, 0.5) is 0 Å². The molecule has 2 aromatic rings. The van der Waals surface area contributed by atoms with E-state index in [1.54, 1.807) is 11.3 Å². The van der Waals surface area contributed by atoms with E-state index in [0.717, 1.165) is 23.2 Å². The SMILES string of the molecule is Cc1sc(Br)cc1C(=O)c1cc(Br)ccc1Br. The Balaban J connectivity index is 2.50. The van der Waals surface area contributed by atoms with Gasteiger partial charge in [0.25, 0.3) is 0 Å². The average molecular weight is 439 g/mol. The summed E-state index contributed by atoms with van der Waals surface area (Å²) >= 11 is 11.8. The predicted octanol–water partition coefficient (Wildman–Crippen LogP) is 5.58. The lowest BCUT2D eigenvalue weighted by Crippen LogP contribution is -2.02. The first-order valence-electron chi connectivity index (χ1n) is 4.74. The van der Waals surface area contributed by atoms with Crippen LogP contribution >= 0.6 is 59.1 Å². The molecule has 0 bridgehead atoms. The minimum Gasteiger partial charge on any atom is -0.289 e. The lowest BCUT2D eigenvalue weighted by atomic mass is 10.0. The molecule has 0 atom stereocenters. The number of benzene rings is 1. The molecule has 1 nitrogen and oxygen atoms in total. The van der Waals surface area contributed by atoms with Crippen molar-refractivity contribution < 1.29 is 4.79 Å². The fourth-order valence-electron chi connectivity index (χ4n) is 1.49. The second kappa shape index (κ2) is 5.34. The van der Waals surface area contributed by atoms with Gasteiger partial charge in [-0.25, -0.2) is 0 Å². The topological polar surface area (TPSA) is 17.1 Å². The highest BCUT2D eigenvalue weighted by Gasteiger charge is 2.17. The maximum atomic E-state index is 12.4. The van der Waals surface area contributed by atoms with E-state index in [4.69, 9.17) is 0 Å². The van der Waals surface area contributed by atoms with Crippen molar-refractivity contribution in [3.8, 4) is 0 Å². The third-order valence-corrected chi connectivity index (χ3v) is 5.04. The molecule has 0 saturated carbocycles. The van der Waals surface area contributed by atoms with Crippen LogP contribution in [0.1, 0.15) is 20.8 Å². The van der Waals surface area contributed by atoms with E-state index in [9.17, 15) is 4.79 Å². The molecule has 0 aliphatic heterocycles. The Morgan fingerprint density at radius 3 is 2.41 bits per heavy atom. The summed E-state index contributed by atoms with van der Waals surface area (Å²) in [7, 11) is 0. The predicted molar refractivity (Wildman–Crippen MR) is 82.0 cm³/mol. The molecule has 17 heavy (non-hydrogen) atoms. The van der Waals surface area contributed by atoms with Gasteiger partial charge in [0.15, 0.2) is 5.78 Å². The zero-order valence-electron chi connectivity index (χ0n) is 8.76. The third-order valence-electron chi connectivity index (χ3n) is 2.31. The number of aryl methyl sites for hydroxylation is 1. The van der Waals surface area contributed by atoms with Crippen LogP contribution in [0.3, 0.4) is 0 Å². The summed E-state index contributed by atoms with van der Waals surface area (Å²) in [6, 6.07) is 7.47. The number of carbonyl (C=O) groups excluding carboxylic acids is 1. The molecule has 1 aromatic carbocycles. The standard InChI is InChI=1S/C12H7Br3OS/c1-6-8(5-11(15)17-6)12(16)9-4-7(13)2-3-10(9)14/h2-5H,1H3. The number of halogens is 3. The van der Waals surface area contributed by atoms with Crippen LogP contribution in [0, 0.1) is 6.92 Å². The molecule has 0 unspecified atom stereocenters. The molecule has 0 aliphatic carbocycles. The van der Waals surface area contributed by atoms with Gasteiger partial charge in [-0.05, 0) is 47.1 Å². The molecular formula is C12H7Br3OS. The number of hydrogen-bond donors (Lipinski definition) is 0. The summed E-state index contributed by atoms with van der Waals surface area (Å²) in [5, 5.41) is 0. The summed E-state index contributed by atoms with van der Waals surface area (Å²) in [5.41, 5.74) is 1.42. The van der Waals surface area contributed by atoms with Gasteiger partial charge in [0.05, 0.1) is 3.79 Å². The van der Waals surface area contributed by atoms with Crippen molar-refractivity contribution in [2.24, 2.45) is 0 Å². The van der Waals surface area contributed by atoms with E-state index in [1.165, 1.54) is 0 Å². The van der Waals surface area contributed by atoms with Crippen LogP contribution in [0.15, 0.2) is 37.0 Å². The maximum absolute atomic E-state index is 12.4. The average Bonchev–Trinajstić information content (AvgIpc) is 2.60. The Morgan fingerprint density at radius 2 is 1.82 bits per heavy atom. The van der Waals surface area contributed by atoms with Crippen LogP contribution in [-0.2, 0) is 0 Å². The van der Waals surface area contributed by atoms with E-state index in [-0.39, 0.29) is 5.78 Å². The lowest BCUT2D eigenvalue weighted by molar-refractivity contribution is 0.103. The maximum Gasteiger partial charge on any atom is 0.195 e. The van der Waals surface area contributed by atoms with Gasteiger partial charge in [-0.15, -0.1) is 11.3 Å². The Kier molecular flexibility index (Phi) is 4.23. The molecule has 2 rings (SSSR count). The minimum atomic E-state index is 0.0395. The van der Waals surface area contributed by atoms with Crippen molar-refractivity contribution in [2.45, 2.75) is 6.92 Å². The summed E-state index contributed by atoms with van der Waals surface area (Å²) in [4.78, 5) is 13.4. The van der Waals surface area contributed by atoms with Gasteiger partial charge in [-0.1, -0.05) is 31.9 Å². The molecule has 5 heteroatoms. The summed E-state index contributed by atoms with van der Waals surface area (Å²) in [6.07, 6.45) is 0. The van der Waals surface area contributed by atoms with Crippen molar-refractivity contribution >= 4 is 64.9 Å². The Morgan fingerprint density at radius 1 is 1.12 bits per heavy atom. The molecule has 0 spiro atoms. The van der Waals surface area contributed by atoms with Crippen molar-refractivity contribution in [1.29, 1.82) is 0 Å². The first-order chi connectivity index (χ1) is 7.99. The third kappa shape index (κ3) is 2.89. The number of hydrogen-bond acceptors (Lipinski definition) is 2. The monoisotopic (exact) mass is 436 g/mol. The highest BCUT2D eigenvalue weighted by atomic mass is 79.9. The zero-order chi connectivity index (χ0) is 12.6. The van der Waals surface area contributed by atoms with Gasteiger partial charge in [0, 0.05) is 24.9 Å². The van der Waals surface area contributed by atoms with E-state index < -0.39 is 0 Å². The quantitative estimate of drug-likeness (QED) is 0.560. The fraction of sp³-hybridized carbons (Fsp3) is 0.0833. The Bertz CT molecular complexity index is 589. The first-order valence-corrected chi connectivity index (χ1v) is 7.94. The van der Waals surface area contributed by atoms with Crippen LogP contribution in [0.25, 0.3) is 0 Å². The Labute approximate surface area is 129 Å². The van der Waals surface area contributed by atoms with E-state index in [1.807, 2.05) is 31.2 Å². The normalized spacial score (nSPS) is 10.6. The second-order valence-corrected chi connectivity index (χ2v) is 7.88. The highest BCUT2D eigenvalue weighted by Crippen LogP contribution is 2.30. The van der Waals surface area contributed by atoms with Gasteiger partial charge < -0.3 is 0 Å². The first kappa shape index (κ1) is 13.5. The van der Waals surface area contributed by atoms with E-state index >= 15 is 0 Å². The summed E-state index contributed by atoms with van der Waals surface area (Å²) in [5.74, 6) is 0.0395. The molecule has 0 amide bonds. The minimum absolute atomic E-state index is 0.0395. The van der Waals surface area contributed by atoms with Gasteiger partial charge in [-0.2, -0.15) is 0 Å². The van der Waals surface area contributed by atoms with E-state index in [0.29, 0.717) is 5.56 Å². The summed E-state index contributed by atoms with van der Waals surface area (Å²) in [6.45, 7) is 1.95. The lowest BCUT2D eigenvalue weighted by Gasteiger charge is -2.04. The molecule has 1 aromatic heterocycles. The molecule has 0 aliphatic rings. The smallest absolute Gasteiger partial charge is 0.195 e. The van der Waals surface area contributed by atoms with Gasteiger partial charge >= 0.3 is 0 Å². The molecule has 0 saturated heterocycles. The number of thiophene rings is 1. The highest BCUT2D eigenvalue weighted by molar-refractivity contribution is 9.11. The van der Waals surface area contributed by atoms with Crippen molar-refractivity contribution in [2.75, 3.05) is 0 Å².